The van der Waals surface area contributed by atoms with Crippen LogP contribution in [-0.4, -0.2) is 35.5 Å². The molecule has 2 aliphatic rings. The third-order valence-electron chi connectivity index (χ3n) is 6.21. The number of anilines is 1. The van der Waals surface area contributed by atoms with Gasteiger partial charge in [-0.25, -0.2) is 4.79 Å². The number of nitrogens with one attached hydrogen (secondary N) is 2. The summed E-state index contributed by atoms with van der Waals surface area (Å²) in [6, 6.07) is 7.73. The molecule has 3 amide bonds. The molecule has 0 radical (unpaired) electrons. The second-order valence-corrected chi connectivity index (χ2v) is 7.94. The highest BCUT2D eigenvalue weighted by Crippen LogP contribution is 2.36. The minimum Gasteiger partial charge on any atom is -0.335 e. The highest BCUT2D eigenvalue weighted by atomic mass is 16.2. The smallest absolute Gasteiger partial charge is 0.319 e. The maximum absolute atomic E-state index is 13.0. The number of amides is 3. The van der Waals surface area contributed by atoms with Gasteiger partial charge in [-0.2, -0.15) is 0 Å². The largest absolute Gasteiger partial charge is 0.335 e. The summed E-state index contributed by atoms with van der Waals surface area (Å²) in [7, 11) is 0. The summed E-state index contributed by atoms with van der Waals surface area (Å²) < 4.78 is 0. The molecule has 1 aromatic rings. The van der Waals surface area contributed by atoms with Crippen LogP contribution >= 0.6 is 0 Å². The molecule has 0 spiro atoms. The number of fused-ring (bicyclic) bond motifs is 1. The molecule has 2 atom stereocenters. The van der Waals surface area contributed by atoms with Crippen molar-refractivity contribution in [1.82, 2.24) is 10.2 Å². The lowest BCUT2D eigenvalue weighted by atomic mass is 9.78. The van der Waals surface area contributed by atoms with E-state index < -0.39 is 0 Å². The van der Waals surface area contributed by atoms with E-state index in [0.29, 0.717) is 23.2 Å². The van der Waals surface area contributed by atoms with Crippen molar-refractivity contribution in [2.75, 3.05) is 11.9 Å². The highest BCUT2D eigenvalue weighted by molar-refractivity contribution is 5.96. The van der Waals surface area contributed by atoms with Crippen molar-refractivity contribution in [2.24, 2.45) is 5.92 Å². The number of hydrogen-bond acceptors (Lipinski definition) is 2. The minimum atomic E-state index is -0.191. The fraction of sp³-hybridized carbons (Fsp3) is 0.636. The van der Waals surface area contributed by atoms with Gasteiger partial charge in [0.15, 0.2) is 0 Å². The minimum absolute atomic E-state index is 0.139. The van der Waals surface area contributed by atoms with E-state index in [-0.39, 0.29) is 18.0 Å². The van der Waals surface area contributed by atoms with Crippen LogP contribution in [0.1, 0.15) is 75.6 Å². The molecule has 5 heteroatoms. The first kappa shape index (κ1) is 19.7. The van der Waals surface area contributed by atoms with Crippen LogP contribution in [0, 0.1) is 5.92 Å². The van der Waals surface area contributed by atoms with Gasteiger partial charge >= 0.3 is 6.03 Å². The van der Waals surface area contributed by atoms with E-state index in [0.717, 1.165) is 32.2 Å². The molecule has 3 rings (SSSR count). The number of likely N-dealkylation sites (tertiary alicyclic amines) is 1. The first-order valence-electron chi connectivity index (χ1n) is 10.6. The van der Waals surface area contributed by atoms with E-state index in [9.17, 15) is 9.59 Å². The van der Waals surface area contributed by atoms with E-state index in [1.54, 1.807) is 0 Å². The van der Waals surface area contributed by atoms with E-state index in [4.69, 9.17) is 0 Å². The predicted molar refractivity (Wildman–Crippen MR) is 109 cm³/mol. The number of rotatable bonds is 5. The van der Waals surface area contributed by atoms with Gasteiger partial charge < -0.3 is 15.5 Å². The zero-order valence-corrected chi connectivity index (χ0v) is 16.7. The monoisotopic (exact) mass is 371 g/mol. The molecule has 2 fully saturated rings. The van der Waals surface area contributed by atoms with Crippen LogP contribution in [0.3, 0.4) is 0 Å². The van der Waals surface area contributed by atoms with Crippen LogP contribution in [-0.2, 0) is 0 Å². The summed E-state index contributed by atoms with van der Waals surface area (Å²) in [5, 5.41) is 5.82. The molecule has 148 valence electrons. The van der Waals surface area contributed by atoms with E-state index in [2.05, 4.69) is 29.4 Å². The molecule has 5 nitrogen and oxygen atoms in total. The third kappa shape index (κ3) is 4.82. The Morgan fingerprint density at radius 2 is 1.70 bits per heavy atom. The van der Waals surface area contributed by atoms with Gasteiger partial charge in [0.05, 0.1) is 0 Å². The topological polar surface area (TPSA) is 61.4 Å². The van der Waals surface area contributed by atoms with Gasteiger partial charge in [-0.1, -0.05) is 26.7 Å². The van der Waals surface area contributed by atoms with Gasteiger partial charge in [0.25, 0.3) is 5.91 Å². The van der Waals surface area contributed by atoms with Gasteiger partial charge in [-0.3, -0.25) is 4.79 Å². The Hall–Kier alpha value is -2.04. The number of urea groups is 1. The van der Waals surface area contributed by atoms with Gasteiger partial charge in [-0.05, 0) is 68.7 Å². The maximum atomic E-state index is 13.0. The summed E-state index contributed by atoms with van der Waals surface area (Å²) in [5.74, 6) is 0.825. The second kappa shape index (κ2) is 9.25. The summed E-state index contributed by atoms with van der Waals surface area (Å²) in [5.41, 5.74) is 1.43. The summed E-state index contributed by atoms with van der Waals surface area (Å²) in [4.78, 5) is 27.2. The summed E-state index contributed by atoms with van der Waals surface area (Å²) >= 11 is 0. The van der Waals surface area contributed by atoms with Gasteiger partial charge in [0, 0.05) is 29.9 Å². The van der Waals surface area contributed by atoms with Crippen LogP contribution < -0.4 is 10.6 Å². The molecule has 1 aliphatic heterocycles. The zero-order valence-electron chi connectivity index (χ0n) is 16.7. The molecular weight excluding hydrogens is 338 g/mol. The molecule has 0 bridgehead atoms. The normalized spacial score (nSPS) is 22.3. The van der Waals surface area contributed by atoms with Crippen molar-refractivity contribution in [3.8, 4) is 0 Å². The molecule has 1 heterocycles. The first-order chi connectivity index (χ1) is 13.1. The Bertz CT molecular complexity index is 637. The van der Waals surface area contributed by atoms with Crippen molar-refractivity contribution in [2.45, 2.75) is 77.3 Å². The van der Waals surface area contributed by atoms with Crippen LogP contribution in [0.15, 0.2) is 24.3 Å². The van der Waals surface area contributed by atoms with Crippen molar-refractivity contribution >= 4 is 17.6 Å². The van der Waals surface area contributed by atoms with Crippen molar-refractivity contribution in [1.29, 1.82) is 0 Å². The van der Waals surface area contributed by atoms with Crippen LogP contribution in [0.25, 0.3) is 0 Å². The van der Waals surface area contributed by atoms with Crippen molar-refractivity contribution in [3.05, 3.63) is 29.8 Å². The lowest BCUT2D eigenvalue weighted by Gasteiger charge is -2.44. The Kier molecular flexibility index (Phi) is 6.75. The lowest BCUT2D eigenvalue weighted by molar-refractivity contribution is 0.0390. The fourth-order valence-electron chi connectivity index (χ4n) is 4.58. The summed E-state index contributed by atoms with van der Waals surface area (Å²) in [6.07, 6.45) is 9.16. The predicted octanol–water partition coefficient (Wildman–Crippen LogP) is 4.79. The molecule has 0 unspecified atom stereocenters. The number of benzene rings is 1. The highest BCUT2D eigenvalue weighted by Gasteiger charge is 2.35. The molecule has 1 saturated carbocycles. The van der Waals surface area contributed by atoms with Gasteiger partial charge in [0.2, 0.25) is 0 Å². The van der Waals surface area contributed by atoms with Crippen molar-refractivity contribution < 1.29 is 9.59 Å². The van der Waals surface area contributed by atoms with Gasteiger partial charge in [0.1, 0.15) is 0 Å². The molecular formula is C22H33N3O2. The maximum Gasteiger partial charge on any atom is 0.319 e. The Labute approximate surface area is 162 Å². The number of carbonyl (C=O) groups is 2. The molecule has 27 heavy (non-hydrogen) atoms. The van der Waals surface area contributed by atoms with E-state index in [1.807, 2.05) is 24.3 Å². The molecule has 0 aromatic heterocycles. The average Bonchev–Trinajstić information content (AvgIpc) is 2.71. The molecule has 1 saturated heterocycles. The third-order valence-corrected chi connectivity index (χ3v) is 6.21. The standard InChI is InChI=1S/C22H33N3O2/c1-3-18(4-2)23-22(27)24-19-13-11-17(12-14-19)21(26)25-15-7-9-16-8-5-6-10-20(16)25/h11-14,16,18,20H,3-10,15H2,1-2H3,(H2,23,24,27)/t16-,20-/m0/s1. The summed E-state index contributed by atoms with van der Waals surface area (Å²) in [6.45, 7) is 5.00. The molecule has 2 N–H and O–H groups in total. The number of piperidine rings is 1. The Morgan fingerprint density at radius 3 is 2.41 bits per heavy atom. The quantitative estimate of drug-likeness (QED) is 0.781. The van der Waals surface area contributed by atoms with Crippen LogP contribution in [0.5, 0.6) is 0 Å². The Balaban J connectivity index is 1.61. The van der Waals surface area contributed by atoms with Gasteiger partial charge in [-0.15, -0.1) is 0 Å². The molecule has 1 aliphatic carbocycles. The fourth-order valence-corrected chi connectivity index (χ4v) is 4.58. The SMILES string of the molecule is CCC(CC)NC(=O)Nc1ccc(C(=O)N2CCC[C@@H]3CCCC[C@@H]32)cc1. The van der Waals surface area contributed by atoms with E-state index >= 15 is 0 Å². The average molecular weight is 372 g/mol. The number of hydrogen-bond donors (Lipinski definition) is 2. The van der Waals surface area contributed by atoms with Crippen LogP contribution in [0.4, 0.5) is 10.5 Å². The number of carbonyl (C=O) groups excluding carboxylic acids is 2. The molecule has 1 aromatic carbocycles. The lowest BCUT2D eigenvalue weighted by Crippen LogP contribution is -2.49. The van der Waals surface area contributed by atoms with Crippen molar-refractivity contribution in [3.63, 3.8) is 0 Å². The number of nitrogens with zero attached hydrogens (tertiary/aromatic N) is 1. The van der Waals surface area contributed by atoms with E-state index in [1.165, 1.54) is 25.7 Å². The van der Waals surface area contributed by atoms with Crippen LogP contribution in [0.2, 0.25) is 0 Å². The first-order valence-corrected chi connectivity index (χ1v) is 10.6. The Morgan fingerprint density at radius 1 is 1.04 bits per heavy atom. The zero-order chi connectivity index (χ0) is 19.2. The second-order valence-electron chi connectivity index (χ2n) is 7.94.